The van der Waals surface area contributed by atoms with E-state index in [9.17, 15) is 4.79 Å². The molecule has 5 heteroatoms. The normalized spacial score (nSPS) is 31.6. The summed E-state index contributed by atoms with van der Waals surface area (Å²) in [5.74, 6) is 0.729. The Kier molecular flexibility index (Phi) is 3.55. The van der Waals surface area contributed by atoms with Gasteiger partial charge in [-0.05, 0) is 31.7 Å². The van der Waals surface area contributed by atoms with Gasteiger partial charge in [0.15, 0.2) is 0 Å². The highest BCUT2D eigenvalue weighted by Gasteiger charge is 2.35. The minimum absolute atomic E-state index is 0.0560. The van der Waals surface area contributed by atoms with E-state index >= 15 is 0 Å². The number of likely N-dealkylation sites (tertiary alicyclic amines) is 1. The van der Waals surface area contributed by atoms with Crippen LogP contribution >= 0.6 is 0 Å². The van der Waals surface area contributed by atoms with E-state index in [1.54, 1.807) is 6.20 Å². The largest absolute Gasteiger partial charge is 0.342 e. The number of piperidine rings is 1. The molecular weight excluding hydrogens is 240 g/mol. The van der Waals surface area contributed by atoms with E-state index in [2.05, 4.69) is 10.2 Å². The Morgan fingerprint density at radius 1 is 1.37 bits per heavy atom. The number of amides is 1. The average Bonchev–Trinajstić information content (AvgIpc) is 3.09. The van der Waals surface area contributed by atoms with Gasteiger partial charge in [0.05, 0.1) is 5.92 Å². The van der Waals surface area contributed by atoms with E-state index in [4.69, 9.17) is 5.73 Å². The molecule has 3 atom stereocenters. The van der Waals surface area contributed by atoms with Gasteiger partial charge < -0.3 is 10.6 Å². The van der Waals surface area contributed by atoms with Crippen LogP contribution in [0.15, 0.2) is 12.3 Å². The van der Waals surface area contributed by atoms with Crippen LogP contribution in [0.1, 0.15) is 43.7 Å². The Morgan fingerprint density at radius 3 is 2.95 bits per heavy atom. The summed E-state index contributed by atoms with van der Waals surface area (Å²) in [7, 11) is 0. The number of rotatable bonds is 2. The molecule has 0 bridgehead atoms. The lowest BCUT2D eigenvalue weighted by Gasteiger charge is -2.34. The van der Waals surface area contributed by atoms with Crippen molar-refractivity contribution in [1.82, 2.24) is 15.1 Å². The molecule has 1 aromatic rings. The maximum Gasteiger partial charge on any atom is 0.227 e. The van der Waals surface area contributed by atoms with E-state index in [-0.39, 0.29) is 17.9 Å². The zero-order chi connectivity index (χ0) is 13.2. The summed E-state index contributed by atoms with van der Waals surface area (Å²) >= 11 is 0. The molecule has 1 saturated heterocycles. The lowest BCUT2D eigenvalue weighted by Crippen LogP contribution is -2.45. The molecule has 1 aliphatic heterocycles. The number of nitrogens with one attached hydrogen (secondary N) is 1. The van der Waals surface area contributed by atoms with E-state index in [0.29, 0.717) is 5.92 Å². The Bertz CT molecular complexity index is 431. The Morgan fingerprint density at radius 2 is 2.26 bits per heavy atom. The van der Waals surface area contributed by atoms with Crippen molar-refractivity contribution < 1.29 is 4.79 Å². The zero-order valence-corrected chi connectivity index (χ0v) is 11.2. The lowest BCUT2D eigenvalue weighted by atomic mass is 9.93. The topological polar surface area (TPSA) is 75.0 Å². The number of nitrogens with zero attached hydrogens (tertiary/aromatic N) is 2. The molecule has 1 saturated carbocycles. The summed E-state index contributed by atoms with van der Waals surface area (Å²) < 4.78 is 0. The van der Waals surface area contributed by atoms with E-state index in [1.807, 2.05) is 11.0 Å². The number of H-pyrrole nitrogens is 1. The van der Waals surface area contributed by atoms with E-state index < -0.39 is 0 Å². The average molecular weight is 262 g/mol. The summed E-state index contributed by atoms with van der Waals surface area (Å²) in [6.45, 7) is 1.69. The molecule has 2 heterocycles. The highest BCUT2D eigenvalue weighted by Crippen LogP contribution is 2.30. The predicted molar refractivity (Wildman–Crippen MR) is 72.5 cm³/mol. The first-order valence-corrected chi connectivity index (χ1v) is 7.29. The van der Waals surface area contributed by atoms with Gasteiger partial charge in [0, 0.05) is 36.9 Å². The Balaban J connectivity index is 1.66. The molecule has 2 aliphatic rings. The molecule has 1 aromatic heterocycles. The number of hydrogen-bond acceptors (Lipinski definition) is 3. The second kappa shape index (κ2) is 5.33. The summed E-state index contributed by atoms with van der Waals surface area (Å²) in [4.78, 5) is 14.6. The molecule has 0 spiro atoms. The van der Waals surface area contributed by atoms with Crippen molar-refractivity contribution in [3.05, 3.63) is 18.0 Å². The lowest BCUT2D eigenvalue weighted by molar-refractivity contribution is -0.137. The van der Waals surface area contributed by atoms with Crippen LogP contribution in [0.25, 0.3) is 0 Å². The Labute approximate surface area is 113 Å². The molecule has 3 N–H and O–H groups in total. The fraction of sp³-hybridized carbons (Fsp3) is 0.714. The minimum atomic E-state index is 0.0560. The second-order valence-corrected chi connectivity index (χ2v) is 5.84. The van der Waals surface area contributed by atoms with Crippen molar-refractivity contribution in [3.8, 4) is 0 Å². The van der Waals surface area contributed by atoms with Gasteiger partial charge in [-0.1, -0.05) is 6.42 Å². The number of aromatic nitrogens is 2. The number of aromatic amines is 1. The molecule has 5 nitrogen and oxygen atoms in total. The minimum Gasteiger partial charge on any atom is -0.342 e. The van der Waals surface area contributed by atoms with Crippen molar-refractivity contribution in [1.29, 1.82) is 0 Å². The van der Waals surface area contributed by atoms with Crippen molar-refractivity contribution in [2.75, 3.05) is 13.1 Å². The number of hydrogen-bond donors (Lipinski definition) is 2. The molecule has 2 fully saturated rings. The van der Waals surface area contributed by atoms with Crippen molar-refractivity contribution >= 4 is 5.91 Å². The maximum absolute atomic E-state index is 12.5. The van der Waals surface area contributed by atoms with Crippen LogP contribution in [-0.2, 0) is 4.79 Å². The van der Waals surface area contributed by atoms with Gasteiger partial charge in [0.25, 0.3) is 0 Å². The molecule has 104 valence electrons. The van der Waals surface area contributed by atoms with Crippen LogP contribution in [-0.4, -0.2) is 40.1 Å². The van der Waals surface area contributed by atoms with Crippen LogP contribution in [0.5, 0.6) is 0 Å². The van der Waals surface area contributed by atoms with Crippen molar-refractivity contribution in [2.24, 2.45) is 11.7 Å². The molecule has 3 rings (SSSR count). The molecule has 1 amide bonds. The zero-order valence-electron chi connectivity index (χ0n) is 11.2. The summed E-state index contributed by atoms with van der Waals surface area (Å²) in [6.07, 6.45) is 7.03. The third-order valence-electron chi connectivity index (χ3n) is 4.58. The first-order valence-electron chi connectivity index (χ1n) is 7.29. The maximum atomic E-state index is 12.5. The van der Waals surface area contributed by atoms with Gasteiger partial charge in [-0.2, -0.15) is 5.10 Å². The fourth-order valence-corrected chi connectivity index (χ4v) is 3.46. The van der Waals surface area contributed by atoms with Crippen LogP contribution < -0.4 is 5.73 Å². The molecule has 0 aromatic carbocycles. The van der Waals surface area contributed by atoms with E-state index in [1.165, 1.54) is 0 Å². The van der Waals surface area contributed by atoms with E-state index in [0.717, 1.165) is 50.9 Å². The number of carbonyl (C=O) groups excluding carboxylic acids is 1. The third-order valence-corrected chi connectivity index (χ3v) is 4.58. The Hall–Kier alpha value is -1.36. The van der Waals surface area contributed by atoms with Crippen LogP contribution in [0.2, 0.25) is 0 Å². The monoisotopic (exact) mass is 262 g/mol. The van der Waals surface area contributed by atoms with Gasteiger partial charge in [-0.25, -0.2) is 0 Å². The van der Waals surface area contributed by atoms with Gasteiger partial charge in [0.1, 0.15) is 0 Å². The quantitative estimate of drug-likeness (QED) is 0.842. The highest BCUT2D eigenvalue weighted by molar-refractivity contribution is 5.80. The standard InChI is InChI=1S/C14H22N4O/c15-12-5-1-4-11(12)14(19)18-8-2-3-10(9-18)13-6-7-16-17-13/h6-7,10-12H,1-5,8-9,15H2,(H,16,17)/t10-,11+,12+/m0/s1. The molecular formula is C14H22N4O. The smallest absolute Gasteiger partial charge is 0.227 e. The predicted octanol–water partition coefficient (Wildman–Crippen LogP) is 1.24. The SMILES string of the molecule is N[C@@H]1CCC[C@H]1C(=O)N1CCC[C@H](c2ccn[nH]2)C1. The molecule has 1 aliphatic carbocycles. The van der Waals surface area contributed by atoms with Crippen LogP contribution in [0, 0.1) is 5.92 Å². The van der Waals surface area contributed by atoms with Crippen LogP contribution in [0.4, 0.5) is 0 Å². The highest BCUT2D eigenvalue weighted by atomic mass is 16.2. The molecule has 0 radical (unpaired) electrons. The molecule has 19 heavy (non-hydrogen) atoms. The van der Waals surface area contributed by atoms with Gasteiger partial charge >= 0.3 is 0 Å². The first-order chi connectivity index (χ1) is 9.25. The van der Waals surface area contributed by atoms with Crippen LogP contribution in [0.3, 0.4) is 0 Å². The van der Waals surface area contributed by atoms with Gasteiger partial charge in [-0.3, -0.25) is 9.89 Å². The summed E-state index contributed by atoms with van der Waals surface area (Å²) in [6, 6.07) is 2.08. The molecule has 0 unspecified atom stereocenters. The summed E-state index contributed by atoms with van der Waals surface area (Å²) in [5.41, 5.74) is 7.20. The van der Waals surface area contributed by atoms with Crippen molar-refractivity contribution in [3.63, 3.8) is 0 Å². The third kappa shape index (κ3) is 2.52. The number of carbonyl (C=O) groups is 1. The number of nitrogens with two attached hydrogens (primary N) is 1. The van der Waals surface area contributed by atoms with Crippen molar-refractivity contribution in [2.45, 2.75) is 44.1 Å². The van der Waals surface area contributed by atoms with Gasteiger partial charge in [-0.15, -0.1) is 0 Å². The first kappa shape index (κ1) is 12.7. The second-order valence-electron chi connectivity index (χ2n) is 5.84. The van der Waals surface area contributed by atoms with Gasteiger partial charge in [0.2, 0.25) is 5.91 Å². The summed E-state index contributed by atoms with van der Waals surface area (Å²) in [5, 5.41) is 7.04. The fourth-order valence-electron chi connectivity index (χ4n) is 3.46.